The molecule has 0 radical (unpaired) electrons. The Kier molecular flexibility index (Phi) is 8.68. The number of nitrogens with two attached hydrogens (primary N) is 1. The summed E-state index contributed by atoms with van der Waals surface area (Å²) < 4.78 is 5.63. The van der Waals surface area contributed by atoms with Gasteiger partial charge in [-0.2, -0.15) is 0 Å². The number of halogens is 1. The number of hydrogen-bond donors (Lipinski definition) is 1. The fraction of sp³-hybridized carbons (Fsp3) is 0.625. The Bertz CT molecular complexity index is 343. The van der Waals surface area contributed by atoms with Crippen molar-refractivity contribution in [3.63, 3.8) is 0 Å². The van der Waals surface area contributed by atoms with Crippen molar-refractivity contribution in [1.82, 2.24) is 0 Å². The lowest BCUT2D eigenvalue weighted by atomic mass is 10.1. The van der Waals surface area contributed by atoms with E-state index in [1.165, 1.54) is 38.5 Å². The van der Waals surface area contributed by atoms with E-state index in [0.29, 0.717) is 11.6 Å². The van der Waals surface area contributed by atoms with Crippen LogP contribution in [0.15, 0.2) is 24.3 Å². The van der Waals surface area contributed by atoms with Gasteiger partial charge in [0.25, 0.3) is 0 Å². The average molecular weight is 284 g/mol. The van der Waals surface area contributed by atoms with Gasteiger partial charge in [0.15, 0.2) is 0 Å². The molecule has 0 aromatic heterocycles. The highest BCUT2D eigenvalue weighted by Gasteiger charge is 2.04. The molecule has 1 rings (SSSR count). The fourth-order valence-electron chi connectivity index (χ4n) is 2.03. The normalized spacial score (nSPS) is 12.4. The van der Waals surface area contributed by atoms with Crippen LogP contribution in [-0.4, -0.2) is 12.6 Å². The summed E-state index contributed by atoms with van der Waals surface area (Å²) in [4.78, 5) is 0. The summed E-state index contributed by atoms with van der Waals surface area (Å²) in [5.41, 5.74) is 6.04. The Morgan fingerprint density at radius 2 is 1.89 bits per heavy atom. The minimum absolute atomic E-state index is 0.116. The van der Waals surface area contributed by atoms with Gasteiger partial charge < -0.3 is 10.5 Å². The maximum absolute atomic E-state index is 6.04. The van der Waals surface area contributed by atoms with Gasteiger partial charge in [0.1, 0.15) is 12.4 Å². The highest BCUT2D eigenvalue weighted by atomic mass is 35.5. The van der Waals surface area contributed by atoms with Crippen molar-refractivity contribution >= 4 is 11.6 Å². The maximum Gasteiger partial charge on any atom is 0.120 e. The third kappa shape index (κ3) is 8.12. The second-order valence-corrected chi connectivity index (χ2v) is 5.52. The zero-order valence-electron chi connectivity index (χ0n) is 11.9. The first kappa shape index (κ1) is 16.3. The predicted octanol–water partition coefficient (Wildman–Crippen LogP) is 4.80. The van der Waals surface area contributed by atoms with Crippen LogP contribution in [0.25, 0.3) is 0 Å². The van der Waals surface area contributed by atoms with Crippen molar-refractivity contribution in [3.05, 3.63) is 29.3 Å². The van der Waals surface area contributed by atoms with E-state index in [1.54, 1.807) is 0 Å². The van der Waals surface area contributed by atoms with Crippen LogP contribution in [0.4, 0.5) is 0 Å². The number of ether oxygens (including phenoxy) is 1. The summed E-state index contributed by atoms with van der Waals surface area (Å²) in [6, 6.07) is 7.56. The largest absolute Gasteiger partial charge is 0.492 e. The van der Waals surface area contributed by atoms with Crippen LogP contribution in [-0.2, 0) is 0 Å². The Morgan fingerprint density at radius 1 is 1.16 bits per heavy atom. The molecule has 108 valence electrons. The van der Waals surface area contributed by atoms with Crippen LogP contribution in [0, 0.1) is 0 Å². The molecular formula is C16H26ClNO. The van der Waals surface area contributed by atoms with Crippen LogP contribution in [0.1, 0.15) is 51.9 Å². The van der Waals surface area contributed by atoms with Crippen molar-refractivity contribution in [3.8, 4) is 5.75 Å². The smallest absolute Gasteiger partial charge is 0.120 e. The van der Waals surface area contributed by atoms with E-state index < -0.39 is 0 Å². The third-order valence-corrected chi connectivity index (χ3v) is 3.42. The van der Waals surface area contributed by atoms with Gasteiger partial charge in [0.2, 0.25) is 0 Å². The van der Waals surface area contributed by atoms with Gasteiger partial charge in [-0.3, -0.25) is 0 Å². The molecular weight excluding hydrogens is 258 g/mol. The molecule has 0 saturated heterocycles. The number of benzene rings is 1. The molecule has 1 unspecified atom stereocenters. The van der Waals surface area contributed by atoms with Crippen molar-refractivity contribution in [2.75, 3.05) is 6.61 Å². The molecule has 0 bridgehead atoms. The van der Waals surface area contributed by atoms with Crippen molar-refractivity contribution in [1.29, 1.82) is 0 Å². The van der Waals surface area contributed by atoms with Crippen molar-refractivity contribution < 1.29 is 4.74 Å². The molecule has 0 fully saturated rings. The monoisotopic (exact) mass is 283 g/mol. The third-order valence-electron chi connectivity index (χ3n) is 3.19. The molecule has 0 aliphatic carbocycles. The van der Waals surface area contributed by atoms with Gasteiger partial charge in [0, 0.05) is 11.1 Å². The fourth-order valence-corrected chi connectivity index (χ4v) is 2.21. The van der Waals surface area contributed by atoms with Gasteiger partial charge in [-0.15, -0.1) is 0 Å². The first-order valence-corrected chi connectivity index (χ1v) is 7.74. The lowest BCUT2D eigenvalue weighted by Crippen LogP contribution is -2.27. The van der Waals surface area contributed by atoms with Crippen LogP contribution in [0.2, 0.25) is 5.02 Å². The molecule has 1 atom stereocenters. The summed E-state index contributed by atoms with van der Waals surface area (Å²) in [5.74, 6) is 0.797. The molecule has 19 heavy (non-hydrogen) atoms. The van der Waals surface area contributed by atoms with Crippen LogP contribution >= 0.6 is 11.6 Å². The Hall–Kier alpha value is -0.730. The van der Waals surface area contributed by atoms with Gasteiger partial charge in [-0.05, 0) is 24.6 Å². The second kappa shape index (κ2) is 10.1. The summed E-state index contributed by atoms with van der Waals surface area (Å²) in [6.07, 6.45) is 8.85. The second-order valence-electron chi connectivity index (χ2n) is 5.08. The molecule has 1 aromatic carbocycles. The number of unbranched alkanes of at least 4 members (excludes halogenated alkanes) is 5. The lowest BCUT2D eigenvalue weighted by Gasteiger charge is -2.13. The molecule has 0 aliphatic heterocycles. The minimum Gasteiger partial charge on any atom is -0.492 e. The molecule has 0 saturated carbocycles. The Morgan fingerprint density at radius 3 is 2.63 bits per heavy atom. The van der Waals surface area contributed by atoms with Gasteiger partial charge in [0.05, 0.1) is 0 Å². The predicted molar refractivity (Wildman–Crippen MR) is 82.9 cm³/mol. The Balaban J connectivity index is 2.06. The number of hydrogen-bond acceptors (Lipinski definition) is 2. The van der Waals surface area contributed by atoms with E-state index in [1.807, 2.05) is 24.3 Å². The zero-order chi connectivity index (χ0) is 13.9. The van der Waals surface area contributed by atoms with Gasteiger partial charge in [-0.1, -0.05) is 63.1 Å². The van der Waals surface area contributed by atoms with E-state index in [-0.39, 0.29) is 6.04 Å². The van der Waals surface area contributed by atoms with Crippen molar-refractivity contribution in [2.45, 2.75) is 57.9 Å². The molecule has 3 heteroatoms. The molecule has 1 aromatic rings. The number of rotatable bonds is 10. The topological polar surface area (TPSA) is 35.2 Å². The molecule has 0 spiro atoms. The van der Waals surface area contributed by atoms with E-state index in [2.05, 4.69) is 6.92 Å². The minimum atomic E-state index is 0.116. The first-order chi connectivity index (χ1) is 9.22. The molecule has 0 heterocycles. The van der Waals surface area contributed by atoms with Gasteiger partial charge >= 0.3 is 0 Å². The standard InChI is InChI=1S/C16H26ClNO/c1-2-3-4-5-6-7-10-15(18)13-19-16-11-8-9-14(17)12-16/h8-9,11-12,15H,2-7,10,13,18H2,1H3. The molecule has 2 N–H and O–H groups in total. The van der Waals surface area contributed by atoms with E-state index in [9.17, 15) is 0 Å². The molecule has 0 aliphatic rings. The molecule has 0 amide bonds. The highest BCUT2D eigenvalue weighted by molar-refractivity contribution is 6.30. The first-order valence-electron chi connectivity index (χ1n) is 7.36. The summed E-state index contributed by atoms with van der Waals surface area (Å²) in [6.45, 7) is 2.80. The van der Waals surface area contributed by atoms with Crippen LogP contribution < -0.4 is 10.5 Å². The van der Waals surface area contributed by atoms with Crippen LogP contribution in [0.3, 0.4) is 0 Å². The van der Waals surface area contributed by atoms with E-state index in [0.717, 1.165) is 12.2 Å². The molecule has 2 nitrogen and oxygen atoms in total. The van der Waals surface area contributed by atoms with Gasteiger partial charge in [-0.25, -0.2) is 0 Å². The van der Waals surface area contributed by atoms with Crippen molar-refractivity contribution in [2.24, 2.45) is 5.73 Å². The highest BCUT2D eigenvalue weighted by Crippen LogP contribution is 2.17. The SMILES string of the molecule is CCCCCCCCC(N)COc1cccc(Cl)c1. The summed E-state index contributed by atoms with van der Waals surface area (Å²) in [7, 11) is 0. The summed E-state index contributed by atoms with van der Waals surface area (Å²) in [5, 5.41) is 0.696. The average Bonchev–Trinajstić information content (AvgIpc) is 2.40. The Labute approximate surface area is 122 Å². The quantitative estimate of drug-likeness (QED) is 0.626. The maximum atomic E-state index is 6.04. The lowest BCUT2D eigenvalue weighted by molar-refractivity contribution is 0.279. The van der Waals surface area contributed by atoms with Crippen LogP contribution in [0.5, 0.6) is 5.75 Å². The summed E-state index contributed by atoms with van der Waals surface area (Å²) >= 11 is 5.89. The zero-order valence-corrected chi connectivity index (χ0v) is 12.7. The van der Waals surface area contributed by atoms with E-state index in [4.69, 9.17) is 22.1 Å². The van der Waals surface area contributed by atoms with E-state index >= 15 is 0 Å².